The Bertz CT molecular complexity index is 836. The number of aromatic nitrogens is 2. The summed E-state index contributed by atoms with van der Waals surface area (Å²) in [6, 6.07) is 6.98. The van der Waals surface area contributed by atoms with E-state index in [4.69, 9.17) is 4.74 Å². The molecule has 0 radical (unpaired) electrons. The molecule has 4 atom stereocenters. The molecule has 1 aromatic carbocycles. The molecule has 2 heterocycles. The highest BCUT2D eigenvalue weighted by Crippen LogP contribution is 2.28. The molecule has 0 unspecified atom stereocenters. The molecule has 3 N–H and O–H groups in total. The van der Waals surface area contributed by atoms with Crippen LogP contribution in [0.15, 0.2) is 36.7 Å². The van der Waals surface area contributed by atoms with Crippen LogP contribution in [0.1, 0.15) is 11.3 Å². The van der Waals surface area contributed by atoms with E-state index in [9.17, 15) is 23.4 Å². The summed E-state index contributed by atoms with van der Waals surface area (Å²) in [7, 11) is 1.85. The summed E-state index contributed by atoms with van der Waals surface area (Å²) in [6.07, 6.45) is -6.04. The van der Waals surface area contributed by atoms with Crippen molar-refractivity contribution >= 4 is 11.5 Å². The Kier molecular flexibility index (Phi) is 6.25. The van der Waals surface area contributed by atoms with E-state index >= 15 is 0 Å². The molecule has 1 fully saturated rings. The summed E-state index contributed by atoms with van der Waals surface area (Å²) >= 11 is 0. The van der Waals surface area contributed by atoms with Gasteiger partial charge in [0.25, 0.3) is 0 Å². The number of anilines is 2. The van der Waals surface area contributed by atoms with Crippen molar-refractivity contribution in [3.63, 3.8) is 0 Å². The van der Waals surface area contributed by atoms with Gasteiger partial charge in [-0.2, -0.15) is 13.2 Å². The zero-order chi connectivity index (χ0) is 21.2. The lowest BCUT2D eigenvalue weighted by molar-refractivity contribution is -0.141. The maximum atomic E-state index is 12.8. The number of aliphatic hydroxyl groups is 2. The molecule has 10 heteroatoms. The maximum Gasteiger partial charge on any atom is 0.434 e. The fraction of sp³-hybridized carbons (Fsp3) is 0.474. The summed E-state index contributed by atoms with van der Waals surface area (Å²) in [5.74, 6) is -0.157. The van der Waals surface area contributed by atoms with Gasteiger partial charge < -0.3 is 25.2 Å². The second-order valence-corrected chi connectivity index (χ2v) is 7.11. The van der Waals surface area contributed by atoms with E-state index in [0.29, 0.717) is 12.7 Å². The molecule has 1 saturated heterocycles. The molecule has 0 bridgehead atoms. The number of hydrogen-bond donors (Lipinski definition) is 3. The number of aryl methyl sites for hydroxylation is 1. The second-order valence-electron chi connectivity index (χ2n) is 7.11. The molecule has 0 amide bonds. The lowest BCUT2D eigenvalue weighted by atomic mass is 9.97. The zero-order valence-electron chi connectivity index (χ0n) is 16.0. The molecular weight excluding hydrogens is 389 g/mol. The van der Waals surface area contributed by atoms with Gasteiger partial charge >= 0.3 is 6.18 Å². The van der Waals surface area contributed by atoms with Crippen molar-refractivity contribution in [1.82, 2.24) is 9.97 Å². The smallest absolute Gasteiger partial charge is 0.388 e. The van der Waals surface area contributed by atoms with Crippen LogP contribution in [0.3, 0.4) is 0 Å². The van der Waals surface area contributed by atoms with Crippen LogP contribution in [-0.2, 0) is 10.9 Å². The number of aliphatic hydroxyl groups excluding tert-OH is 2. The van der Waals surface area contributed by atoms with E-state index in [1.54, 1.807) is 0 Å². The van der Waals surface area contributed by atoms with Crippen molar-refractivity contribution < 1.29 is 28.1 Å². The lowest BCUT2D eigenvalue weighted by Gasteiger charge is -2.39. The molecular formula is C19H23F3N4O3. The van der Waals surface area contributed by atoms with Gasteiger partial charge in [0.15, 0.2) is 5.69 Å². The Morgan fingerprint density at radius 3 is 2.69 bits per heavy atom. The molecule has 1 aromatic heterocycles. The van der Waals surface area contributed by atoms with Gasteiger partial charge in [0.2, 0.25) is 0 Å². The van der Waals surface area contributed by atoms with Crippen LogP contribution < -0.4 is 10.2 Å². The second kappa shape index (κ2) is 8.52. The fourth-order valence-corrected chi connectivity index (χ4v) is 3.17. The quantitative estimate of drug-likeness (QED) is 0.690. The van der Waals surface area contributed by atoms with Crippen molar-refractivity contribution in [2.45, 2.75) is 37.5 Å². The number of ether oxygens (including phenoxy) is 1. The van der Waals surface area contributed by atoms with Gasteiger partial charge in [-0.3, -0.25) is 4.98 Å². The fourth-order valence-electron chi connectivity index (χ4n) is 3.17. The molecule has 2 aromatic rings. The third-order valence-electron chi connectivity index (χ3n) is 4.79. The third kappa shape index (κ3) is 5.14. The van der Waals surface area contributed by atoms with Crippen LogP contribution >= 0.6 is 0 Å². The van der Waals surface area contributed by atoms with Crippen molar-refractivity contribution in [3.05, 3.63) is 47.9 Å². The van der Waals surface area contributed by atoms with Crippen molar-refractivity contribution in [2.75, 3.05) is 30.4 Å². The monoisotopic (exact) mass is 412 g/mol. The van der Waals surface area contributed by atoms with E-state index < -0.39 is 36.2 Å². The van der Waals surface area contributed by atoms with Gasteiger partial charge in [-0.05, 0) is 24.6 Å². The zero-order valence-corrected chi connectivity index (χ0v) is 16.0. The average molecular weight is 412 g/mol. The molecule has 0 spiro atoms. The average Bonchev–Trinajstić information content (AvgIpc) is 2.67. The number of hydrogen-bond acceptors (Lipinski definition) is 7. The minimum Gasteiger partial charge on any atom is -0.388 e. The molecule has 3 rings (SSSR count). The number of rotatable bonds is 5. The number of nitrogens with one attached hydrogen (secondary N) is 1. The van der Waals surface area contributed by atoms with E-state index in [-0.39, 0.29) is 12.4 Å². The Balaban J connectivity index is 1.63. The summed E-state index contributed by atoms with van der Waals surface area (Å²) in [6.45, 7) is 2.29. The van der Waals surface area contributed by atoms with Gasteiger partial charge in [-0.25, -0.2) is 4.98 Å². The molecule has 158 valence electrons. The predicted molar refractivity (Wildman–Crippen MR) is 101 cm³/mol. The van der Waals surface area contributed by atoms with Crippen molar-refractivity contribution in [3.8, 4) is 0 Å². The van der Waals surface area contributed by atoms with E-state index in [2.05, 4.69) is 15.3 Å². The summed E-state index contributed by atoms with van der Waals surface area (Å²) in [4.78, 5) is 8.88. The first-order chi connectivity index (χ1) is 13.6. The van der Waals surface area contributed by atoms with Gasteiger partial charge in [-0.15, -0.1) is 0 Å². The van der Waals surface area contributed by atoms with Crippen LogP contribution in [0.5, 0.6) is 0 Å². The topological polar surface area (TPSA) is 90.7 Å². The Labute approximate surface area is 166 Å². The van der Waals surface area contributed by atoms with Crippen LogP contribution in [0.2, 0.25) is 0 Å². The van der Waals surface area contributed by atoms with E-state index in [1.165, 1.54) is 0 Å². The first-order valence-corrected chi connectivity index (χ1v) is 9.06. The molecule has 1 aliphatic rings. The van der Waals surface area contributed by atoms with Crippen LogP contribution in [-0.4, -0.2) is 64.7 Å². The highest BCUT2D eigenvalue weighted by molar-refractivity contribution is 5.47. The molecule has 0 aliphatic carbocycles. The number of halogens is 3. The molecule has 1 aliphatic heterocycles. The number of alkyl halides is 3. The Morgan fingerprint density at radius 1 is 1.24 bits per heavy atom. The summed E-state index contributed by atoms with van der Waals surface area (Å²) in [5, 5.41) is 23.6. The third-order valence-corrected chi connectivity index (χ3v) is 4.79. The van der Waals surface area contributed by atoms with E-state index in [1.807, 2.05) is 43.1 Å². The molecule has 29 heavy (non-hydrogen) atoms. The number of nitrogens with zero attached hydrogens (tertiary/aromatic N) is 3. The van der Waals surface area contributed by atoms with E-state index in [0.717, 1.165) is 17.4 Å². The first-order valence-electron chi connectivity index (χ1n) is 9.06. The van der Waals surface area contributed by atoms with Crippen LogP contribution in [0.25, 0.3) is 0 Å². The SMILES string of the molecule is Cc1cccc(N(C)C[C@H]2OC[C@H](Nc3cncc(C(F)(F)F)n3)[C@@H](O)[C@H]2O)c1. The highest BCUT2D eigenvalue weighted by atomic mass is 19.4. The highest BCUT2D eigenvalue weighted by Gasteiger charge is 2.39. The van der Waals surface area contributed by atoms with Crippen LogP contribution in [0, 0.1) is 6.92 Å². The minimum absolute atomic E-state index is 0.0114. The molecule has 7 nitrogen and oxygen atoms in total. The summed E-state index contributed by atoms with van der Waals surface area (Å²) < 4.78 is 44.0. The largest absolute Gasteiger partial charge is 0.434 e. The minimum atomic E-state index is -4.63. The Morgan fingerprint density at radius 2 is 2.00 bits per heavy atom. The van der Waals surface area contributed by atoms with Gasteiger partial charge in [0.05, 0.1) is 25.0 Å². The maximum absolute atomic E-state index is 12.8. The van der Waals surface area contributed by atoms with Crippen molar-refractivity contribution in [1.29, 1.82) is 0 Å². The van der Waals surface area contributed by atoms with Gasteiger partial charge in [0.1, 0.15) is 24.1 Å². The van der Waals surface area contributed by atoms with Gasteiger partial charge in [-0.1, -0.05) is 12.1 Å². The normalized spacial score (nSPS) is 24.9. The number of likely N-dealkylation sites (N-methyl/N-ethyl adjacent to an activating group) is 1. The standard InChI is InChI=1S/C19H23F3N4O3/c1-11-4-3-5-12(6-11)26(2)9-14-18(28)17(27)13(10-29-14)24-16-8-23-7-15(25-16)19(20,21)22/h3-8,13-14,17-18,27-28H,9-10H2,1-2H3,(H,24,25)/t13-,14+,17+,18-/m0/s1. The lowest BCUT2D eigenvalue weighted by Crippen LogP contribution is -2.58. The van der Waals surface area contributed by atoms with Crippen molar-refractivity contribution in [2.24, 2.45) is 0 Å². The summed E-state index contributed by atoms with van der Waals surface area (Å²) in [5.41, 5.74) is 0.882. The first kappa shape index (κ1) is 21.3. The predicted octanol–water partition coefficient (Wildman–Crippen LogP) is 1.84. The Hall–Kier alpha value is -2.43. The van der Waals surface area contributed by atoms with Crippen LogP contribution in [0.4, 0.5) is 24.7 Å². The molecule has 0 saturated carbocycles. The van der Waals surface area contributed by atoms with Gasteiger partial charge in [0, 0.05) is 19.3 Å². The number of benzene rings is 1.